The van der Waals surface area contributed by atoms with Crippen LogP contribution in [0.1, 0.15) is 51.4 Å². The van der Waals surface area contributed by atoms with Crippen LogP contribution in [0.3, 0.4) is 0 Å². The number of aromatic hydroxyl groups is 1. The van der Waals surface area contributed by atoms with Gasteiger partial charge < -0.3 is 21.1 Å². The first kappa shape index (κ1) is 27.5. The number of rotatable bonds is 11. The molecule has 0 aromatic heterocycles. The molecule has 1 aromatic rings. The smallest absolute Gasteiger partial charge is 0.251 e. The van der Waals surface area contributed by atoms with Crippen LogP contribution >= 0.6 is 24.0 Å². The SMILES string of the molecule is CCNC(=NCCCNC(=O)c1cccc(O)c1)NCCN(C(C)C)C(C)C.I. The molecule has 0 saturated heterocycles. The molecule has 0 saturated carbocycles. The first-order chi connectivity index (χ1) is 13.3. The molecule has 0 aliphatic carbocycles. The van der Waals surface area contributed by atoms with Gasteiger partial charge in [-0.1, -0.05) is 6.07 Å². The Labute approximate surface area is 192 Å². The van der Waals surface area contributed by atoms with Crippen molar-refractivity contribution in [1.82, 2.24) is 20.9 Å². The fourth-order valence-electron chi connectivity index (χ4n) is 2.98. The molecule has 0 spiro atoms. The van der Waals surface area contributed by atoms with Crippen molar-refractivity contribution in [3.8, 4) is 5.75 Å². The Morgan fingerprint density at radius 2 is 1.79 bits per heavy atom. The number of guanidine groups is 1. The number of phenolic OH excluding ortho intramolecular Hbond substituents is 1. The molecule has 1 rings (SSSR count). The minimum atomic E-state index is -0.188. The fourth-order valence-corrected chi connectivity index (χ4v) is 2.98. The summed E-state index contributed by atoms with van der Waals surface area (Å²) in [7, 11) is 0. The molecule has 0 bridgehead atoms. The van der Waals surface area contributed by atoms with Crippen LogP contribution in [0.25, 0.3) is 0 Å². The van der Waals surface area contributed by atoms with Gasteiger partial charge in [-0.25, -0.2) is 0 Å². The van der Waals surface area contributed by atoms with Gasteiger partial charge >= 0.3 is 0 Å². The van der Waals surface area contributed by atoms with Gasteiger partial charge in [-0.15, -0.1) is 24.0 Å². The Morgan fingerprint density at radius 3 is 2.38 bits per heavy atom. The number of hydrogen-bond acceptors (Lipinski definition) is 4. The van der Waals surface area contributed by atoms with E-state index in [0.717, 1.165) is 32.0 Å². The Kier molecular flexibility index (Phi) is 14.5. The monoisotopic (exact) mass is 519 g/mol. The Hall–Kier alpha value is -1.55. The number of carbonyl (C=O) groups excluding carboxylic acids is 1. The predicted molar refractivity (Wildman–Crippen MR) is 131 cm³/mol. The summed E-state index contributed by atoms with van der Waals surface area (Å²) in [5.41, 5.74) is 0.457. The zero-order chi connectivity index (χ0) is 20.9. The number of aliphatic imine (C=N–C) groups is 1. The van der Waals surface area contributed by atoms with Gasteiger partial charge in [-0.05, 0) is 59.2 Å². The van der Waals surface area contributed by atoms with E-state index in [1.54, 1.807) is 18.2 Å². The van der Waals surface area contributed by atoms with E-state index in [2.05, 4.69) is 53.5 Å². The quantitative estimate of drug-likeness (QED) is 0.156. The zero-order valence-corrected chi connectivity index (χ0v) is 20.7. The maximum atomic E-state index is 12.0. The van der Waals surface area contributed by atoms with Crippen molar-refractivity contribution in [2.45, 2.75) is 53.1 Å². The van der Waals surface area contributed by atoms with Gasteiger partial charge in [-0.2, -0.15) is 0 Å². The van der Waals surface area contributed by atoms with Gasteiger partial charge in [0, 0.05) is 50.4 Å². The topological polar surface area (TPSA) is 89.0 Å². The highest BCUT2D eigenvalue weighted by Crippen LogP contribution is 2.10. The summed E-state index contributed by atoms with van der Waals surface area (Å²) < 4.78 is 0. The maximum Gasteiger partial charge on any atom is 0.251 e. The molecule has 0 heterocycles. The molecule has 7 nitrogen and oxygen atoms in total. The Bertz CT molecular complexity index is 615. The second-order valence-corrected chi connectivity index (χ2v) is 7.27. The van der Waals surface area contributed by atoms with Crippen LogP contribution in [0, 0.1) is 0 Å². The molecule has 0 aliphatic heterocycles. The standard InChI is InChI=1S/C21H37N5O2.HI/c1-6-22-21(25-13-14-26(16(2)3)17(4)5)24-12-8-11-23-20(28)18-9-7-10-19(27)15-18;/h7,9-10,15-17,27H,6,8,11-14H2,1-5H3,(H,23,28)(H2,22,24,25);1H. The van der Waals surface area contributed by atoms with Gasteiger partial charge in [0.2, 0.25) is 0 Å². The second kappa shape index (κ2) is 15.3. The van der Waals surface area contributed by atoms with Gasteiger partial charge in [0.25, 0.3) is 5.91 Å². The van der Waals surface area contributed by atoms with E-state index < -0.39 is 0 Å². The Morgan fingerprint density at radius 1 is 1.10 bits per heavy atom. The average Bonchev–Trinajstić information content (AvgIpc) is 2.63. The van der Waals surface area contributed by atoms with E-state index in [9.17, 15) is 9.90 Å². The maximum absolute atomic E-state index is 12.0. The Balaban J connectivity index is 0.00000784. The van der Waals surface area contributed by atoms with Crippen molar-refractivity contribution < 1.29 is 9.90 Å². The number of halogens is 1. The summed E-state index contributed by atoms with van der Waals surface area (Å²) in [6.07, 6.45) is 0.741. The summed E-state index contributed by atoms with van der Waals surface area (Å²) in [5, 5.41) is 18.9. The van der Waals surface area contributed by atoms with Crippen LogP contribution in [0.15, 0.2) is 29.3 Å². The highest BCUT2D eigenvalue weighted by Gasteiger charge is 2.12. The van der Waals surface area contributed by atoms with Gasteiger partial charge in [0.05, 0.1) is 0 Å². The summed E-state index contributed by atoms with van der Waals surface area (Å²) in [6.45, 7) is 14.6. The van der Waals surface area contributed by atoms with Crippen LogP contribution in [-0.4, -0.2) is 66.7 Å². The van der Waals surface area contributed by atoms with E-state index in [-0.39, 0.29) is 35.6 Å². The lowest BCUT2D eigenvalue weighted by atomic mass is 10.2. The van der Waals surface area contributed by atoms with Crippen LogP contribution in [-0.2, 0) is 0 Å². The summed E-state index contributed by atoms with van der Waals surface area (Å²) in [6, 6.07) is 7.36. The summed E-state index contributed by atoms with van der Waals surface area (Å²) >= 11 is 0. The van der Waals surface area contributed by atoms with Crippen molar-refractivity contribution in [3.05, 3.63) is 29.8 Å². The van der Waals surface area contributed by atoms with Crippen LogP contribution in [0.4, 0.5) is 0 Å². The molecule has 0 radical (unpaired) electrons. The van der Waals surface area contributed by atoms with Gasteiger partial charge in [0.15, 0.2) is 5.96 Å². The van der Waals surface area contributed by atoms with E-state index in [4.69, 9.17) is 0 Å². The largest absolute Gasteiger partial charge is 0.508 e. The van der Waals surface area contributed by atoms with Crippen molar-refractivity contribution in [1.29, 1.82) is 0 Å². The van der Waals surface area contributed by atoms with Crippen molar-refractivity contribution in [2.75, 3.05) is 32.7 Å². The number of nitrogens with zero attached hydrogens (tertiary/aromatic N) is 2. The van der Waals surface area contributed by atoms with Crippen LogP contribution in [0.5, 0.6) is 5.75 Å². The fraction of sp³-hybridized carbons (Fsp3) is 0.619. The second-order valence-electron chi connectivity index (χ2n) is 7.27. The van der Waals surface area contributed by atoms with E-state index in [1.807, 2.05) is 6.92 Å². The highest BCUT2D eigenvalue weighted by atomic mass is 127. The third kappa shape index (κ3) is 11.3. The molecule has 1 amide bonds. The molecule has 29 heavy (non-hydrogen) atoms. The lowest BCUT2D eigenvalue weighted by molar-refractivity contribution is 0.0953. The number of hydrogen-bond donors (Lipinski definition) is 4. The number of benzene rings is 1. The van der Waals surface area contributed by atoms with E-state index in [0.29, 0.717) is 30.7 Å². The molecule has 4 N–H and O–H groups in total. The van der Waals surface area contributed by atoms with Gasteiger partial charge in [-0.3, -0.25) is 14.7 Å². The lowest BCUT2D eigenvalue weighted by Gasteiger charge is -2.30. The van der Waals surface area contributed by atoms with E-state index >= 15 is 0 Å². The molecule has 0 atom stereocenters. The minimum absolute atomic E-state index is 0. The predicted octanol–water partition coefficient (Wildman–Crippen LogP) is 2.80. The van der Waals surface area contributed by atoms with Crippen LogP contribution in [0.2, 0.25) is 0 Å². The number of nitrogens with one attached hydrogen (secondary N) is 3. The molecule has 8 heteroatoms. The molecular formula is C21H38IN5O2. The lowest BCUT2D eigenvalue weighted by Crippen LogP contribution is -2.45. The molecule has 166 valence electrons. The van der Waals surface area contributed by atoms with Gasteiger partial charge in [0.1, 0.15) is 5.75 Å². The number of amides is 1. The minimum Gasteiger partial charge on any atom is -0.508 e. The molecule has 1 aromatic carbocycles. The van der Waals surface area contributed by atoms with Crippen molar-refractivity contribution in [3.63, 3.8) is 0 Å². The number of carbonyl (C=O) groups is 1. The molecular weight excluding hydrogens is 481 g/mol. The summed E-state index contributed by atoms with van der Waals surface area (Å²) in [4.78, 5) is 19.0. The molecule has 0 aliphatic rings. The zero-order valence-electron chi connectivity index (χ0n) is 18.4. The highest BCUT2D eigenvalue weighted by molar-refractivity contribution is 14.0. The molecule has 0 unspecified atom stereocenters. The third-order valence-corrected chi connectivity index (χ3v) is 4.33. The van der Waals surface area contributed by atoms with E-state index in [1.165, 1.54) is 6.07 Å². The summed E-state index contributed by atoms with van der Waals surface area (Å²) in [5.74, 6) is 0.703. The molecule has 0 fully saturated rings. The van der Waals surface area contributed by atoms with Crippen molar-refractivity contribution in [2.24, 2.45) is 4.99 Å². The first-order valence-corrected chi connectivity index (χ1v) is 10.2. The first-order valence-electron chi connectivity index (χ1n) is 10.2. The number of phenols is 1. The normalized spacial score (nSPS) is 11.5. The average molecular weight is 519 g/mol. The third-order valence-electron chi connectivity index (χ3n) is 4.33. The van der Waals surface area contributed by atoms with Crippen LogP contribution < -0.4 is 16.0 Å². The van der Waals surface area contributed by atoms with Crippen molar-refractivity contribution >= 4 is 35.8 Å².